The molecule has 6 nitrogen and oxygen atoms in total. The van der Waals surface area contributed by atoms with Gasteiger partial charge in [-0.3, -0.25) is 4.79 Å². The molecule has 0 spiro atoms. The monoisotopic (exact) mass is 292 g/mol. The Hall–Kier alpha value is -2.24. The molecule has 2 N–H and O–H groups in total. The van der Waals surface area contributed by atoms with Gasteiger partial charge in [0.1, 0.15) is 5.75 Å². The van der Waals surface area contributed by atoms with Crippen molar-refractivity contribution in [2.24, 2.45) is 5.92 Å². The fourth-order valence-corrected chi connectivity index (χ4v) is 2.52. The average molecular weight is 292 g/mol. The molecule has 2 amide bonds. The van der Waals surface area contributed by atoms with Gasteiger partial charge in [0, 0.05) is 18.7 Å². The first-order valence-electron chi connectivity index (χ1n) is 6.94. The van der Waals surface area contributed by atoms with Crippen LogP contribution >= 0.6 is 0 Å². The Morgan fingerprint density at radius 3 is 2.76 bits per heavy atom. The lowest BCUT2D eigenvalue weighted by molar-refractivity contribution is -0.141. The Labute approximate surface area is 123 Å². The highest BCUT2D eigenvalue weighted by Gasteiger charge is 2.31. The lowest BCUT2D eigenvalue weighted by Crippen LogP contribution is -2.40. The van der Waals surface area contributed by atoms with Crippen LogP contribution in [-0.2, 0) is 4.79 Å². The van der Waals surface area contributed by atoms with E-state index in [-0.39, 0.29) is 18.6 Å². The van der Waals surface area contributed by atoms with E-state index in [1.165, 1.54) is 0 Å². The van der Waals surface area contributed by atoms with E-state index in [9.17, 15) is 9.59 Å². The molecule has 0 aromatic heterocycles. The quantitative estimate of drug-likeness (QED) is 0.888. The number of hydrogen-bond acceptors (Lipinski definition) is 3. The van der Waals surface area contributed by atoms with Crippen molar-refractivity contribution in [2.75, 3.05) is 20.2 Å². The normalized spacial score (nSPS) is 19.1. The molecule has 1 fully saturated rings. The molecule has 2 atom stereocenters. The number of aliphatic carboxylic acids is 1. The zero-order valence-electron chi connectivity index (χ0n) is 12.2. The number of rotatable bonds is 4. The molecule has 1 saturated heterocycles. The van der Waals surface area contributed by atoms with Crippen LogP contribution < -0.4 is 10.1 Å². The Kier molecular flexibility index (Phi) is 4.67. The summed E-state index contributed by atoms with van der Waals surface area (Å²) in [5.41, 5.74) is 0.891. The van der Waals surface area contributed by atoms with Crippen LogP contribution in [0.4, 0.5) is 4.79 Å². The number of nitrogens with zero attached hydrogens (tertiary/aromatic N) is 1. The lowest BCUT2D eigenvalue weighted by atomic mass is 10.1. The molecule has 0 radical (unpaired) electrons. The van der Waals surface area contributed by atoms with Crippen LogP contribution in [-0.4, -0.2) is 42.2 Å². The summed E-state index contributed by atoms with van der Waals surface area (Å²) in [5, 5.41) is 11.9. The zero-order chi connectivity index (χ0) is 15.4. The predicted octanol–water partition coefficient (Wildman–Crippen LogP) is 1.87. The molecule has 6 heteroatoms. The molecule has 0 aliphatic carbocycles. The second-order valence-electron chi connectivity index (χ2n) is 5.18. The minimum absolute atomic E-state index is 0.211. The zero-order valence-corrected chi connectivity index (χ0v) is 12.2. The standard InChI is InChI=1S/C15H20N2O4/c1-10(12-5-3-4-6-13(12)21-2)16-15(20)17-8-7-11(9-17)14(18)19/h3-6,10-11H,7-9H2,1-2H3,(H,16,20)(H,18,19). The number of methoxy groups -OCH3 is 1. The van der Waals surface area contributed by atoms with Crippen LogP contribution in [0.25, 0.3) is 0 Å². The summed E-state index contributed by atoms with van der Waals surface area (Å²) in [6.07, 6.45) is 0.506. The highest BCUT2D eigenvalue weighted by atomic mass is 16.5. The summed E-state index contributed by atoms with van der Waals surface area (Å²) in [4.78, 5) is 24.6. The number of carbonyl (C=O) groups is 2. The van der Waals surface area contributed by atoms with Crippen molar-refractivity contribution in [2.45, 2.75) is 19.4 Å². The fraction of sp³-hybridized carbons (Fsp3) is 0.467. The molecule has 114 valence electrons. The van der Waals surface area contributed by atoms with Crippen LogP contribution in [0.2, 0.25) is 0 Å². The number of hydrogen-bond donors (Lipinski definition) is 2. The van der Waals surface area contributed by atoms with Gasteiger partial charge in [-0.25, -0.2) is 4.79 Å². The van der Waals surface area contributed by atoms with E-state index < -0.39 is 11.9 Å². The van der Waals surface area contributed by atoms with Crippen molar-refractivity contribution in [3.8, 4) is 5.75 Å². The van der Waals surface area contributed by atoms with Crippen LogP contribution in [0, 0.1) is 5.92 Å². The van der Waals surface area contributed by atoms with Crippen molar-refractivity contribution in [3.63, 3.8) is 0 Å². The van der Waals surface area contributed by atoms with Gasteiger partial charge in [-0.15, -0.1) is 0 Å². The minimum atomic E-state index is -0.844. The number of ether oxygens (including phenoxy) is 1. The molecule has 0 saturated carbocycles. The summed E-state index contributed by atoms with van der Waals surface area (Å²) in [6.45, 7) is 2.61. The maximum atomic E-state index is 12.2. The second kappa shape index (κ2) is 6.47. The first-order valence-corrected chi connectivity index (χ1v) is 6.94. The van der Waals surface area contributed by atoms with E-state index in [1.807, 2.05) is 31.2 Å². The van der Waals surface area contributed by atoms with Gasteiger partial charge in [0.05, 0.1) is 19.1 Å². The molecule has 1 heterocycles. The van der Waals surface area contributed by atoms with Gasteiger partial charge in [0.15, 0.2) is 0 Å². The van der Waals surface area contributed by atoms with Crippen LogP contribution in [0.5, 0.6) is 5.75 Å². The summed E-state index contributed by atoms with van der Waals surface area (Å²) in [5.74, 6) is -0.587. The van der Waals surface area contributed by atoms with E-state index >= 15 is 0 Å². The topological polar surface area (TPSA) is 78.9 Å². The predicted molar refractivity (Wildman–Crippen MR) is 77.3 cm³/mol. The van der Waals surface area contributed by atoms with Gasteiger partial charge < -0.3 is 20.1 Å². The highest BCUT2D eigenvalue weighted by molar-refractivity contribution is 5.77. The molecule has 1 aliphatic heterocycles. The Morgan fingerprint density at radius 2 is 2.14 bits per heavy atom. The lowest BCUT2D eigenvalue weighted by Gasteiger charge is -2.22. The maximum absolute atomic E-state index is 12.2. The summed E-state index contributed by atoms with van der Waals surface area (Å²) < 4.78 is 5.28. The van der Waals surface area contributed by atoms with Crippen LogP contribution in [0.3, 0.4) is 0 Å². The van der Waals surface area contributed by atoms with Crippen molar-refractivity contribution in [1.29, 1.82) is 0 Å². The molecular weight excluding hydrogens is 272 g/mol. The summed E-state index contributed by atoms with van der Waals surface area (Å²) >= 11 is 0. The van der Waals surface area contributed by atoms with E-state index in [2.05, 4.69) is 5.32 Å². The third kappa shape index (κ3) is 3.45. The van der Waals surface area contributed by atoms with Crippen molar-refractivity contribution < 1.29 is 19.4 Å². The first kappa shape index (κ1) is 15.2. The molecule has 21 heavy (non-hydrogen) atoms. The maximum Gasteiger partial charge on any atom is 0.317 e. The van der Waals surface area contributed by atoms with E-state index in [0.717, 1.165) is 11.3 Å². The fourth-order valence-electron chi connectivity index (χ4n) is 2.52. The van der Waals surface area contributed by atoms with Gasteiger partial charge >= 0.3 is 12.0 Å². The molecular formula is C15H20N2O4. The molecule has 1 aromatic carbocycles. The Bertz CT molecular complexity index is 532. The van der Waals surface area contributed by atoms with Gasteiger partial charge in [0.25, 0.3) is 0 Å². The summed E-state index contributed by atoms with van der Waals surface area (Å²) in [6, 6.07) is 7.04. The van der Waals surface area contributed by atoms with Crippen LogP contribution in [0.15, 0.2) is 24.3 Å². The number of amides is 2. The van der Waals surface area contributed by atoms with Crippen molar-refractivity contribution >= 4 is 12.0 Å². The number of nitrogens with one attached hydrogen (secondary N) is 1. The Morgan fingerprint density at radius 1 is 1.43 bits per heavy atom. The third-order valence-electron chi connectivity index (χ3n) is 3.77. The number of urea groups is 1. The van der Waals surface area contributed by atoms with E-state index in [4.69, 9.17) is 9.84 Å². The largest absolute Gasteiger partial charge is 0.496 e. The van der Waals surface area contributed by atoms with Gasteiger partial charge in [0.2, 0.25) is 0 Å². The second-order valence-corrected chi connectivity index (χ2v) is 5.18. The smallest absolute Gasteiger partial charge is 0.317 e. The number of carboxylic acids is 1. The summed E-state index contributed by atoms with van der Waals surface area (Å²) in [7, 11) is 1.59. The van der Waals surface area contributed by atoms with Crippen LogP contribution in [0.1, 0.15) is 24.9 Å². The molecule has 2 rings (SSSR count). The minimum Gasteiger partial charge on any atom is -0.496 e. The number of carbonyl (C=O) groups excluding carboxylic acids is 1. The first-order chi connectivity index (χ1) is 10.0. The molecule has 2 unspecified atom stereocenters. The average Bonchev–Trinajstić information content (AvgIpc) is 2.97. The van der Waals surface area contributed by atoms with Crippen molar-refractivity contribution in [3.05, 3.63) is 29.8 Å². The number of benzene rings is 1. The molecule has 1 aliphatic rings. The van der Waals surface area contributed by atoms with E-state index in [1.54, 1.807) is 12.0 Å². The van der Waals surface area contributed by atoms with Gasteiger partial charge in [-0.2, -0.15) is 0 Å². The number of carboxylic acid groups (broad SMARTS) is 1. The van der Waals surface area contributed by atoms with Gasteiger partial charge in [-0.05, 0) is 19.4 Å². The third-order valence-corrected chi connectivity index (χ3v) is 3.77. The van der Waals surface area contributed by atoms with Gasteiger partial charge in [-0.1, -0.05) is 18.2 Å². The molecule has 1 aromatic rings. The number of para-hydroxylation sites is 1. The SMILES string of the molecule is COc1ccccc1C(C)NC(=O)N1CCC(C(=O)O)C1. The number of likely N-dealkylation sites (tertiary alicyclic amines) is 1. The van der Waals surface area contributed by atoms with E-state index in [0.29, 0.717) is 13.0 Å². The molecule has 0 bridgehead atoms. The van der Waals surface area contributed by atoms with Crippen molar-refractivity contribution in [1.82, 2.24) is 10.2 Å². The Balaban J connectivity index is 1.98. The highest BCUT2D eigenvalue weighted by Crippen LogP contribution is 2.25.